The highest BCUT2D eigenvalue weighted by Gasteiger charge is 2.16. The summed E-state index contributed by atoms with van der Waals surface area (Å²) < 4.78 is 1.89. The second-order valence-electron chi connectivity index (χ2n) is 5.39. The molecule has 5 nitrogen and oxygen atoms in total. The monoisotopic (exact) mass is 313 g/mol. The molecule has 0 aliphatic carbocycles. The van der Waals surface area contributed by atoms with Crippen LogP contribution in [0.25, 0.3) is 16.7 Å². The third kappa shape index (κ3) is 2.34. The van der Waals surface area contributed by atoms with Crippen molar-refractivity contribution in [3.63, 3.8) is 0 Å². The molecule has 4 rings (SSSR count). The second-order valence-corrected chi connectivity index (χ2v) is 5.39. The number of fused-ring (bicyclic) bond motifs is 3. The van der Waals surface area contributed by atoms with Crippen LogP contribution < -0.4 is 4.90 Å². The highest BCUT2D eigenvalue weighted by atomic mass is 15.3. The third-order valence-electron chi connectivity index (χ3n) is 3.94. The first-order chi connectivity index (χ1) is 11.9. The molecule has 0 bridgehead atoms. The lowest BCUT2D eigenvalue weighted by Gasteiger charge is -2.24. The van der Waals surface area contributed by atoms with Gasteiger partial charge in [0.05, 0.1) is 5.52 Å². The first-order valence-corrected chi connectivity index (χ1v) is 7.73. The van der Waals surface area contributed by atoms with Crippen molar-refractivity contribution in [3.8, 4) is 12.3 Å². The molecule has 0 fully saturated rings. The molecule has 4 aromatic rings. The van der Waals surface area contributed by atoms with Gasteiger partial charge in [0.15, 0.2) is 0 Å². The summed E-state index contributed by atoms with van der Waals surface area (Å²) in [6, 6.07) is 18.2. The van der Waals surface area contributed by atoms with Crippen molar-refractivity contribution < 1.29 is 0 Å². The van der Waals surface area contributed by atoms with E-state index in [2.05, 4.69) is 39.2 Å². The normalized spacial score (nSPS) is 10.8. The van der Waals surface area contributed by atoms with Gasteiger partial charge in [-0.3, -0.25) is 4.40 Å². The van der Waals surface area contributed by atoms with Crippen LogP contribution in [0, 0.1) is 12.3 Å². The Balaban J connectivity index is 1.98. The number of hydrogen-bond acceptors (Lipinski definition) is 4. The van der Waals surface area contributed by atoms with Gasteiger partial charge in [0, 0.05) is 24.0 Å². The molecule has 0 N–H and O–H groups in total. The van der Waals surface area contributed by atoms with Gasteiger partial charge in [0.2, 0.25) is 0 Å². The zero-order valence-corrected chi connectivity index (χ0v) is 13.0. The molecular formula is C19H15N5. The third-order valence-corrected chi connectivity index (χ3v) is 3.94. The number of aromatic nitrogens is 4. The van der Waals surface area contributed by atoms with E-state index in [4.69, 9.17) is 11.4 Å². The van der Waals surface area contributed by atoms with E-state index in [1.165, 1.54) is 0 Å². The van der Waals surface area contributed by atoms with Crippen LogP contribution in [0.15, 0.2) is 60.9 Å². The van der Waals surface area contributed by atoms with E-state index < -0.39 is 0 Å². The maximum atomic E-state index is 5.50. The fourth-order valence-electron chi connectivity index (χ4n) is 2.85. The quantitative estimate of drug-likeness (QED) is 0.541. The van der Waals surface area contributed by atoms with Crippen LogP contribution in [0.4, 0.5) is 11.5 Å². The minimum absolute atomic E-state index is 0.574. The van der Waals surface area contributed by atoms with Crippen molar-refractivity contribution in [3.05, 3.63) is 60.9 Å². The Kier molecular flexibility index (Phi) is 3.56. The Bertz CT molecular complexity index is 1030. The van der Waals surface area contributed by atoms with E-state index in [0.29, 0.717) is 18.7 Å². The number of para-hydroxylation sites is 2. The Morgan fingerprint density at radius 1 is 1.04 bits per heavy atom. The molecule has 116 valence electrons. The van der Waals surface area contributed by atoms with Crippen LogP contribution in [0.5, 0.6) is 0 Å². The van der Waals surface area contributed by atoms with E-state index >= 15 is 0 Å². The zero-order chi connectivity index (χ0) is 16.4. The van der Waals surface area contributed by atoms with Gasteiger partial charge in [0.25, 0.3) is 5.78 Å². The van der Waals surface area contributed by atoms with Crippen molar-refractivity contribution >= 4 is 28.2 Å². The number of anilines is 2. The number of hydrogen-bond donors (Lipinski definition) is 0. The minimum Gasteiger partial charge on any atom is -0.325 e. The van der Waals surface area contributed by atoms with E-state index in [1.807, 2.05) is 40.8 Å². The van der Waals surface area contributed by atoms with Crippen LogP contribution in [-0.4, -0.2) is 26.1 Å². The van der Waals surface area contributed by atoms with Crippen LogP contribution in [-0.2, 0) is 0 Å². The van der Waals surface area contributed by atoms with E-state index in [1.54, 1.807) is 6.33 Å². The van der Waals surface area contributed by atoms with Crippen LogP contribution >= 0.6 is 0 Å². The zero-order valence-electron chi connectivity index (χ0n) is 13.0. The lowest BCUT2D eigenvalue weighted by Crippen LogP contribution is -2.20. The standard InChI is InChI=1S/C19H15N5/c1-2-3-13-23(15-9-5-4-6-10-15)18-16-11-7-8-12-17(16)24-14-20-22-19(24)21-18/h1,4-12,14H,3,13H2. The summed E-state index contributed by atoms with van der Waals surface area (Å²) in [6.45, 7) is 0.682. The van der Waals surface area contributed by atoms with Gasteiger partial charge in [0.1, 0.15) is 12.1 Å². The van der Waals surface area contributed by atoms with Crippen LogP contribution in [0.2, 0.25) is 0 Å². The van der Waals surface area contributed by atoms with Gasteiger partial charge in [-0.2, -0.15) is 4.98 Å². The van der Waals surface area contributed by atoms with Gasteiger partial charge in [-0.25, -0.2) is 0 Å². The van der Waals surface area contributed by atoms with Crippen molar-refractivity contribution in [2.24, 2.45) is 0 Å². The summed E-state index contributed by atoms with van der Waals surface area (Å²) in [4.78, 5) is 6.88. The van der Waals surface area contributed by atoms with Gasteiger partial charge in [-0.15, -0.1) is 22.5 Å². The smallest absolute Gasteiger partial charge is 0.257 e. The van der Waals surface area contributed by atoms with Gasteiger partial charge < -0.3 is 4.90 Å². The first kappa shape index (κ1) is 14.2. The fraction of sp³-hybridized carbons (Fsp3) is 0.105. The van der Waals surface area contributed by atoms with Gasteiger partial charge in [-0.1, -0.05) is 30.3 Å². The molecule has 0 saturated carbocycles. The lowest BCUT2D eigenvalue weighted by atomic mass is 10.2. The molecule has 2 aromatic carbocycles. The largest absolute Gasteiger partial charge is 0.325 e. The lowest BCUT2D eigenvalue weighted by molar-refractivity contribution is 0.937. The van der Waals surface area contributed by atoms with Crippen LogP contribution in [0.3, 0.4) is 0 Å². The molecule has 0 aliphatic rings. The molecule has 0 spiro atoms. The maximum absolute atomic E-state index is 5.50. The second kappa shape index (κ2) is 6.01. The summed E-state index contributed by atoms with van der Waals surface area (Å²) in [6.07, 6.45) is 7.81. The summed E-state index contributed by atoms with van der Waals surface area (Å²) in [5.74, 6) is 4.13. The Morgan fingerprint density at radius 2 is 1.83 bits per heavy atom. The SMILES string of the molecule is C#CCCN(c1ccccc1)c1nc2nncn2c2ccccc12. The fourth-order valence-corrected chi connectivity index (χ4v) is 2.85. The molecule has 0 radical (unpaired) electrons. The molecule has 5 heteroatoms. The summed E-state index contributed by atoms with van der Waals surface area (Å²) in [5, 5.41) is 9.14. The Morgan fingerprint density at radius 3 is 2.67 bits per heavy atom. The van der Waals surface area contributed by atoms with Crippen molar-refractivity contribution in [2.75, 3.05) is 11.4 Å². The molecule has 2 aromatic heterocycles. The summed E-state index contributed by atoms with van der Waals surface area (Å²) >= 11 is 0. The maximum Gasteiger partial charge on any atom is 0.257 e. The first-order valence-electron chi connectivity index (χ1n) is 7.73. The van der Waals surface area contributed by atoms with Crippen molar-refractivity contribution in [1.29, 1.82) is 0 Å². The van der Waals surface area contributed by atoms with E-state index in [0.717, 1.165) is 22.4 Å². The van der Waals surface area contributed by atoms with Crippen molar-refractivity contribution in [2.45, 2.75) is 6.42 Å². The van der Waals surface area contributed by atoms with Gasteiger partial charge in [-0.05, 0) is 24.3 Å². The predicted octanol–water partition coefficient (Wildman–Crippen LogP) is 3.44. The number of benzene rings is 2. The minimum atomic E-state index is 0.574. The number of nitrogens with zero attached hydrogens (tertiary/aromatic N) is 5. The Labute approximate surface area is 139 Å². The van der Waals surface area contributed by atoms with E-state index in [9.17, 15) is 0 Å². The predicted molar refractivity (Wildman–Crippen MR) is 95.2 cm³/mol. The topological polar surface area (TPSA) is 46.3 Å². The highest BCUT2D eigenvalue weighted by molar-refractivity contribution is 5.93. The van der Waals surface area contributed by atoms with E-state index in [-0.39, 0.29) is 0 Å². The molecule has 2 heterocycles. The number of rotatable bonds is 4. The average Bonchev–Trinajstić information content (AvgIpc) is 3.12. The molecule has 0 atom stereocenters. The summed E-state index contributed by atoms with van der Waals surface area (Å²) in [7, 11) is 0. The molecule has 0 aliphatic heterocycles. The number of terminal acetylenes is 1. The molecule has 0 amide bonds. The average molecular weight is 313 g/mol. The molecule has 0 unspecified atom stereocenters. The molecular weight excluding hydrogens is 298 g/mol. The van der Waals surface area contributed by atoms with Crippen molar-refractivity contribution in [1.82, 2.24) is 19.6 Å². The molecule has 0 saturated heterocycles. The summed E-state index contributed by atoms with van der Waals surface area (Å²) in [5.41, 5.74) is 2.07. The Hall–Kier alpha value is -3.39. The van der Waals surface area contributed by atoms with Gasteiger partial charge >= 0.3 is 0 Å². The van der Waals surface area contributed by atoms with Crippen LogP contribution in [0.1, 0.15) is 6.42 Å². The highest BCUT2D eigenvalue weighted by Crippen LogP contribution is 2.31. The molecule has 24 heavy (non-hydrogen) atoms.